The van der Waals surface area contributed by atoms with Crippen LogP contribution in [-0.4, -0.2) is 18.3 Å². The standard InChI is InChI=1S/C16H21Cl2NO/c1-12-7-13(9-14(18)8-12)15(20)19-11-16(10-17)5-3-2-4-6-16/h7-9H,2-6,10-11H2,1H3,(H,19,20). The lowest BCUT2D eigenvalue weighted by Gasteiger charge is -2.35. The van der Waals surface area contributed by atoms with Crippen molar-refractivity contribution in [2.75, 3.05) is 12.4 Å². The first-order valence-electron chi connectivity index (χ1n) is 7.16. The van der Waals surface area contributed by atoms with E-state index in [4.69, 9.17) is 23.2 Å². The monoisotopic (exact) mass is 313 g/mol. The normalized spacial score (nSPS) is 17.8. The van der Waals surface area contributed by atoms with Gasteiger partial charge in [-0.3, -0.25) is 4.79 Å². The summed E-state index contributed by atoms with van der Waals surface area (Å²) >= 11 is 12.1. The maximum Gasteiger partial charge on any atom is 0.251 e. The Hall–Kier alpha value is -0.730. The summed E-state index contributed by atoms with van der Waals surface area (Å²) in [6, 6.07) is 5.41. The molecular weight excluding hydrogens is 293 g/mol. The second-order valence-electron chi connectivity index (χ2n) is 5.89. The topological polar surface area (TPSA) is 29.1 Å². The summed E-state index contributed by atoms with van der Waals surface area (Å²) in [5, 5.41) is 3.63. The van der Waals surface area contributed by atoms with Gasteiger partial charge in [-0.15, -0.1) is 11.6 Å². The fourth-order valence-corrected chi connectivity index (χ4v) is 3.55. The number of carbonyl (C=O) groups excluding carboxylic acids is 1. The van der Waals surface area contributed by atoms with Crippen molar-refractivity contribution in [3.8, 4) is 0 Å². The molecule has 1 aromatic carbocycles. The number of benzene rings is 1. The highest BCUT2D eigenvalue weighted by Crippen LogP contribution is 2.36. The van der Waals surface area contributed by atoms with Crippen molar-refractivity contribution < 1.29 is 4.79 Å². The van der Waals surface area contributed by atoms with Crippen molar-refractivity contribution in [3.63, 3.8) is 0 Å². The van der Waals surface area contributed by atoms with Crippen LogP contribution in [0.5, 0.6) is 0 Å². The van der Waals surface area contributed by atoms with Gasteiger partial charge in [0.2, 0.25) is 0 Å². The predicted octanol–water partition coefficient (Wildman–Crippen LogP) is 4.57. The molecule has 1 aliphatic carbocycles. The predicted molar refractivity (Wildman–Crippen MR) is 84.8 cm³/mol. The summed E-state index contributed by atoms with van der Waals surface area (Å²) < 4.78 is 0. The minimum atomic E-state index is -0.0642. The molecule has 110 valence electrons. The molecule has 1 fully saturated rings. The summed E-state index contributed by atoms with van der Waals surface area (Å²) in [7, 11) is 0. The molecule has 1 N–H and O–H groups in total. The number of alkyl halides is 1. The van der Waals surface area contributed by atoms with Crippen molar-refractivity contribution in [2.45, 2.75) is 39.0 Å². The molecule has 0 radical (unpaired) electrons. The third-order valence-corrected chi connectivity index (χ3v) is 4.91. The van der Waals surface area contributed by atoms with Crippen molar-refractivity contribution in [1.82, 2.24) is 5.32 Å². The Morgan fingerprint density at radius 3 is 2.55 bits per heavy atom. The highest BCUT2D eigenvalue weighted by atomic mass is 35.5. The fraction of sp³-hybridized carbons (Fsp3) is 0.562. The lowest BCUT2D eigenvalue weighted by atomic mass is 9.75. The van der Waals surface area contributed by atoms with Crippen LogP contribution < -0.4 is 5.32 Å². The third-order valence-electron chi connectivity index (χ3n) is 4.13. The van der Waals surface area contributed by atoms with Crippen LogP contribution in [0.4, 0.5) is 0 Å². The van der Waals surface area contributed by atoms with Gasteiger partial charge >= 0.3 is 0 Å². The Morgan fingerprint density at radius 2 is 1.95 bits per heavy atom. The molecule has 1 saturated carbocycles. The first-order chi connectivity index (χ1) is 9.54. The van der Waals surface area contributed by atoms with Crippen LogP contribution >= 0.6 is 23.2 Å². The maximum absolute atomic E-state index is 12.2. The fourth-order valence-electron chi connectivity index (χ4n) is 2.90. The highest BCUT2D eigenvalue weighted by molar-refractivity contribution is 6.31. The number of amides is 1. The molecule has 0 saturated heterocycles. The Morgan fingerprint density at radius 1 is 1.25 bits per heavy atom. The van der Waals surface area contributed by atoms with Crippen LogP contribution in [0, 0.1) is 12.3 Å². The second-order valence-corrected chi connectivity index (χ2v) is 6.60. The van der Waals surface area contributed by atoms with E-state index in [1.54, 1.807) is 6.07 Å². The van der Waals surface area contributed by atoms with Crippen molar-refractivity contribution in [1.29, 1.82) is 0 Å². The molecule has 0 aromatic heterocycles. The average molecular weight is 314 g/mol. The molecule has 0 spiro atoms. The van der Waals surface area contributed by atoms with E-state index in [-0.39, 0.29) is 11.3 Å². The third kappa shape index (κ3) is 3.89. The lowest BCUT2D eigenvalue weighted by Crippen LogP contribution is -2.40. The first-order valence-corrected chi connectivity index (χ1v) is 8.07. The molecule has 1 amide bonds. The zero-order chi connectivity index (χ0) is 14.6. The second kappa shape index (κ2) is 6.82. The largest absolute Gasteiger partial charge is 0.351 e. The molecule has 2 nitrogen and oxygen atoms in total. The van der Waals surface area contributed by atoms with E-state index in [0.29, 0.717) is 23.0 Å². The van der Waals surface area contributed by atoms with Crippen LogP contribution in [0.25, 0.3) is 0 Å². The van der Waals surface area contributed by atoms with Crippen LogP contribution in [0.1, 0.15) is 48.0 Å². The van der Waals surface area contributed by atoms with Crippen molar-refractivity contribution in [2.24, 2.45) is 5.41 Å². The Bertz CT molecular complexity index is 461. The first kappa shape index (κ1) is 15.7. The van der Waals surface area contributed by atoms with E-state index in [9.17, 15) is 4.79 Å². The van der Waals surface area contributed by atoms with Crippen molar-refractivity contribution >= 4 is 29.1 Å². The Kier molecular flexibility index (Phi) is 5.34. The summed E-state index contributed by atoms with van der Waals surface area (Å²) in [5.41, 5.74) is 1.69. The lowest BCUT2D eigenvalue weighted by molar-refractivity contribution is 0.0921. The maximum atomic E-state index is 12.2. The molecule has 20 heavy (non-hydrogen) atoms. The van der Waals surface area contributed by atoms with E-state index in [2.05, 4.69) is 5.32 Å². The van der Waals surface area contributed by atoms with E-state index >= 15 is 0 Å². The van der Waals surface area contributed by atoms with E-state index in [1.165, 1.54) is 19.3 Å². The van der Waals surface area contributed by atoms with Gasteiger partial charge in [0.1, 0.15) is 0 Å². The molecule has 1 aromatic rings. The molecule has 0 heterocycles. The molecule has 0 unspecified atom stereocenters. The summed E-state index contributed by atoms with van der Waals surface area (Å²) in [6.45, 7) is 2.59. The van der Waals surface area contributed by atoms with Gasteiger partial charge in [-0.05, 0) is 43.5 Å². The quantitative estimate of drug-likeness (QED) is 0.811. The van der Waals surface area contributed by atoms with Crippen LogP contribution in [0.15, 0.2) is 18.2 Å². The molecule has 0 bridgehead atoms. The summed E-state index contributed by atoms with van der Waals surface area (Å²) in [5.74, 6) is 0.549. The van der Waals surface area contributed by atoms with Gasteiger partial charge in [0.25, 0.3) is 5.91 Å². The number of halogens is 2. The SMILES string of the molecule is Cc1cc(Cl)cc(C(=O)NCC2(CCl)CCCCC2)c1. The number of hydrogen-bond donors (Lipinski definition) is 1. The number of rotatable bonds is 4. The van der Waals surface area contributed by atoms with E-state index in [1.807, 2.05) is 19.1 Å². The van der Waals surface area contributed by atoms with Gasteiger partial charge in [0.05, 0.1) is 0 Å². The molecule has 0 aliphatic heterocycles. The molecule has 2 rings (SSSR count). The number of aryl methyl sites for hydroxylation is 1. The average Bonchev–Trinajstić information content (AvgIpc) is 2.45. The van der Waals surface area contributed by atoms with Gasteiger partial charge in [-0.2, -0.15) is 0 Å². The number of hydrogen-bond acceptors (Lipinski definition) is 1. The Labute approximate surface area is 130 Å². The summed E-state index contributed by atoms with van der Waals surface area (Å²) in [4.78, 5) is 12.2. The van der Waals surface area contributed by atoms with Crippen LogP contribution in [0.3, 0.4) is 0 Å². The minimum Gasteiger partial charge on any atom is -0.351 e. The van der Waals surface area contributed by atoms with E-state index < -0.39 is 0 Å². The van der Waals surface area contributed by atoms with Gasteiger partial charge in [-0.1, -0.05) is 30.9 Å². The van der Waals surface area contributed by atoms with Gasteiger partial charge in [0.15, 0.2) is 0 Å². The zero-order valence-corrected chi connectivity index (χ0v) is 13.4. The summed E-state index contributed by atoms with van der Waals surface area (Å²) in [6.07, 6.45) is 5.90. The molecule has 0 atom stereocenters. The van der Waals surface area contributed by atoms with Gasteiger partial charge in [-0.25, -0.2) is 0 Å². The minimum absolute atomic E-state index is 0.0642. The number of nitrogens with one attached hydrogen (secondary N) is 1. The Balaban J connectivity index is 2.00. The zero-order valence-electron chi connectivity index (χ0n) is 11.8. The molecular formula is C16H21Cl2NO. The van der Waals surface area contributed by atoms with Gasteiger partial charge < -0.3 is 5.32 Å². The molecule has 4 heteroatoms. The highest BCUT2D eigenvalue weighted by Gasteiger charge is 2.31. The van der Waals surface area contributed by atoms with Crippen LogP contribution in [0.2, 0.25) is 5.02 Å². The van der Waals surface area contributed by atoms with E-state index in [0.717, 1.165) is 18.4 Å². The van der Waals surface area contributed by atoms with Crippen LogP contribution in [-0.2, 0) is 0 Å². The van der Waals surface area contributed by atoms with Crippen molar-refractivity contribution in [3.05, 3.63) is 34.3 Å². The smallest absolute Gasteiger partial charge is 0.251 e. The van der Waals surface area contributed by atoms with Gasteiger partial charge in [0, 0.05) is 28.4 Å². The molecule has 1 aliphatic rings. The number of carbonyl (C=O) groups is 1.